The summed E-state index contributed by atoms with van der Waals surface area (Å²) in [5, 5.41) is 4.76. The van der Waals surface area contributed by atoms with E-state index in [-0.39, 0.29) is 19.0 Å². The highest BCUT2D eigenvalue weighted by atomic mass is 31.2. The average molecular weight is 642 g/mol. The van der Waals surface area contributed by atoms with Crippen LogP contribution >= 0.6 is 7.67 Å². The van der Waals surface area contributed by atoms with Crippen LogP contribution in [0.1, 0.15) is 54.7 Å². The van der Waals surface area contributed by atoms with E-state index in [0.29, 0.717) is 4.57 Å². The summed E-state index contributed by atoms with van der Waals surface area (Å²) in [7, 11) is -4.48. The summed E-state index contributed by atoms with van der Waals surface area (Å²) in [6.45, 7) is 9.11. The Balaban J connectivity index is 2.43. The van der Waals surface area contributed by atoms with Crippen LogP contribution in [0.4, 0.5) is 19.4 Å². The van der Waals surface area contributed by atoms with Crippen molar-refractivity contribution in [2.75, 3.05) is 25.6 Å². The summed E-state index contributed by atoms with van der Waals surface area (Å²) < 4.78 is 76.3. The highest BCUT2D eigenvalue weighted by Gasteiger charge is 2.63. The summed E-state index contributed by atoms with van der Waals surface area (Å²) in [5.74, 6) is -5.99. The molecular formula is C24H38F2N5O11P. The van der Waals surface area contributed by atoms with E-state index in [9.17, 15) is 23.7 Å². The van der Waals surface area contributed by atoms with Crippen molar-refractivity contribution < 1.29 is 55.9 Å². The van der Waals surface area contributed by atoms with Gasteiger partial charge in [-0.25, -0.2) is 19.8 Å². The van der Waals surface area contributed by atoms with Gasteiger partial charge in [-0.3, -0.25) is 18.7 Å². The number of hydrogen-bond donors (Lipinski definition) is 3. The van der Waals surface area contributed by atoms with Crippen molar-refractivity contribution in [1.82, 2.24) is 19.7 Å². The third-order valence-electron chi connectivity index (χ3n) is 5.49. The number of hydrogen-bond acceptors (Lipinski definition) is 13. The van der Waals surface area contributed by atoms with Crippen molar-refractivity contribution in [3.8, 4) is 0 Å². The van der Waals surface area contributed by atoms with Crippen LogP contribution in [0.15, 0.2) is 17.1 Å². The third kappa shape index (κ3) is 9.92. The summed E-state index contributed by atoms with van der Waals surface area (Å²) in [5.41, 5.74) is 3.15. The minimum absolute atomic E-state index is 0.00188. The molecule has 1 aromatic heterocycles. The molecule has 1 aliphatic rings. The zero-order chi connectivity index (χ0) is 32.8. The van der Waals surface area contributed by atoms with Crippen LogP contribution in [0.2, 0.25) is 0 Å². The van der Waals surface area contributed by atoms with Gasteiger partial charge >= 0.3 is 37.4 Å². The lowest BCUT2D eigenvalue weighted by Gasteiger charge is -2.28. The van der Waals surface area contributed by atoms with Gasteiger partial charge in [0.25, 0.3) is 0 Å². The molecule has 0 spiro atoms. The molecule has 1 aromatic rings. The fourth-order valence-corrected chi connectivity index (χ4v) is 5.48. The number of nitrogen functional groups attached to an aromatic ring is 1. The normalized spacial score (nSPS) is 21.5. The van der Waals surface area contributed by atoms with Crippen molar-refractivity contribution >= 4 is 31.6 Å². The van der Waals surface area contributed by atoms with E-state index in [1.54, 1.807) is 13.8 Å². The van der Waals surface area contributed by atoms with Crippen molar-refractivity contribution in [1.29, 1.82) is 0 Å². The summed E-state index contributed by atoms with van der Waals surface area (Å²) in [6.07, 6.45) is -7.25. The molecule has 1 unspecified atom stereocenters. The van der Waals surface area contributed by atoms with Crippen molar-refractivity contribution in [3.63, 3.8) is 0 Å². The molecule has 1 saturated heterocycles. The zero-order valence-corrected chi connectivity index (χ0v) is 25.7. The van der Waals surface area contributed by atoms with Crippen LogP contribution in [0.5, 0.6) is 0 Å². The lowest BCUT2D eigenvalue weighted by Crippen LogP contribution is -2.46. The number of nitrogens with one attached hydrogen (secondary N) is 2. The Kier molecular flexibility index (Phi) is 12.2. The molecule has 244 valence electrons. The Bertz CT molecular complexity index is 1230. The van der Waals surface area contributed by atoms with Crippen LogP contribution in [0.25, 0.3) is 0 Å². The van der Waals surface area contributed by atoms with E-state index in [1.165, 1.54) is 34.6 Å². The minimum atomic E-state index is -4.48. The Morgan fingerprint density at radius 1 is 1.14 bits per heavy atom. The van der Waals surface area contributed by atoms with Gasteiger partial charge in [0, 0.05) is 6.20 Å². The Morgan fingerprint density at radius 2 is 1.67 bits per heavy atom. The molecule has 19 heteroatoms. The third-order valence-corrected chi connectivity index (χ3v) is 7.46. The number of nitrogens with two attached hydrogens (primary N) is 1. The highest BCUT2D eigenvalue weighted by molar-refractivity contribution is 7.54. The summed E-state index contributed by atoms with van der Waals surface area (Å²) in [4.78, 5) is 52.6. The molecule has 0 amide bonds. The first-order chi connectivity index (χ1) is 19.8. The number of nitrogens with zero attached hydrogens (tertiary/aromatic N) is 2. The number of carbonyl (C=O) groups excluding carboxylic acids is 3. The first-order valence-electron chi connectivity index (χ1n) is 13.2. The Labute approximate surface area is 246 Å². The van der Waals surface area contributed by atoms with Gasteiger partial charge in [0.05, 0.1) is 19.8 Å². The maximum Gasteiger partial charge on any atom is 0.509 e. The number of halogens is 2. The molecule has 1 aliphatic heterocycles. The Hall–Kier alpha value is -3.18. The molecule has 43 heavy (non-hydrogen) atoms. The number of esters is 2. The molecule has 0 bridgehead atoms. The SMILES string of the molecule is CCOC(=O)[C@H](C)NP(=O)(N[C@@H](C)C(=O)OCC)OC[C@H]1O[C@@H](n2ccc(N)nc2=O)C(F)(F)C1OC(=O)OC(C)(C)C. The van der Waals surface area contributed by atoms with E-state index < -0.39 is 80.1 Å². The molecular weight excluding hydrogens is 603 g/mol. The molecule has 4 N–H and O–H groups in total. The molecule has 0 aliphatic carbocycles. The van der Waals surface area contributed by atoms with Gasteiger partial charge in [-0.2, -0.15) is 13.8 Å². The van der Waals surface area contributed by atoms with Crippen LogP contribution in [0.3, 0.4) is 0 Å². The van der Waals surface area contributed by atoms with Gasteiger partial charge in [0.2, 0.25) is 12.3 Å². The van der Waals surface area contributed by atoms with Crippen molar-refractivity contribution in [2.24, 2.45) is 0 Å². The number of alkyl halides is 2. The molecule has 0 aromatic carbocycles. The van der Waals surface area contributed by atoms with E-state index in [4.69, 9.17) is 33.9 Å². The molecule has 2 heterocycles. The summed E-state index contributed by atoms with van der Waals surface area (Å²) >= 11 is 0. The molecule has 0 saturated carbocycles. The lowest BCUT2D eigenvalue weighted by atomic mass is 10.1. The first-order valence-corrected chi connectivity index (χ1v) is 14.9. The fraction of sp³-hybridized carbons (Fsp3) is 0.708. The van der Waals surface area contributed by atoms with Crippen LogP contribution in [-0.4, -0.2) is 83.3 Å². The standard InChI is InChI=1S/C24H38F2N5O11P/c1-8-37-18(32)13(3)29-43(36,30-14(4)19(33)38-9-2)39-12-15-17(41-22(35)42-23(5,6)7)24(25,26)20(40-15)31-11-10-16(27)28-21(31)34/h10-11,13-15,17,20H,8-9,12H2,1-7H3,(H2,27,28,34)(H2,29,30,36)/t13-,14-,15+,17?,20+/m0/s1. The van der Waals surface area contributed by atoms with E-state index in [0.717, 1.165) is 12.3 Å². The number of carbonyl (C=O) groups is 3. The van der Waals surface area contributed by atoms with Gasteiger partial charge in [-0.1, -0.05) is 0 Å². The predicted molar refractivity (Wildman–Crippen MR) is 145 cm³/mol. The largest absolute Gasteiger partial charge is 0.509 e. The van der Waals surface area contributed by atoms with Crippen LogP contribution in [0, 0.1) is 0 Å². The molecule has 1 fully saturated rings. The minimum Gasteiger partial charge on any atom is -0.465 e. The number of ether oxygens (including phenoxy) is 5. The number of aromatic nitrogens is 2. The molecule has 5 atom stereocenters. The lowest BCUT2D eigenvalue weighted by molar-refractivity contribution is -0.149. The first kappa shape index (κ1) is 36.0. The van der Waals surface area contributed by atoms with Gasteiger partial charge in [-0.15, -0.1) is 0 Å². The van der Waals surface area contributed by atoms with Crippen LogP contribution in [-0.2, 0) is 42.4 Å². The average Bonchev–Trinajstić information content (AvgIpc) is 3.11. The maximum absolute atomic E-state index is 15.7. The predicted octanol–water partition coefficient (Wildman–Crippen LogP) is 1.89. The van der Waals surface area contributed by atoms with Crippen LogP contribution < -0.4 is 21.6 Å². The van der Waals surface area contributed by atoms with Gasteiger partial charge in [0.15, 0.2) is 0 Å². The van der Waals surface area contributed by atoms with Gasteiger partial charge in [-0.05, 0) is 54.5 Å². The van der Waals surface area contributed by atoms with Gasteiger partial charge < -0.3 is 33.9 Å². The second-order valence-corrected chi connectivity index (χ2v) is 12.2. The second kappa shape index (κ2) is 14.5. The topological polar surface area (TPSA) is 209 Å². The summed E-state index contributed by atoms with van der Waals surface area (Å²) in [6, 6.07) is -1.46. The molecule has 2 rings (SSSR count). The second-order valence-electron chi connectivity index (χ2n) is 10.3. The van der Waals surface area contributed by atoms with Gasteiger partial charge in [0.1, 0.15) is 29.6 Å². The fourth-order valence-electron chi connectivity index (χ4n) is 3.67. The molecule has 16 nitrogen and oxygen atoms in total. The monoisotopic (exact) mass is 641 g/mol. The highest BCUT2D eigenvalue weighted by Crippen LogP contribution is 2.46. The zero-order valence-electron chi connectivity index (χ0n) is 24.8. The van der Waals surface area contributed by atoms with E-state index in [1.807, 2.05) is 0 Å². The van der Waals surface area contributed by atoms with E-state index in [2.05, 4.69) is 15.2 Å². The quantitative estimate of drug-likeness (QED) is 0.160. The van der Waals surface area contributed by atoms with Crippen molar-refractivity contribution in [2.45, 2.75) is 90.5 Å². The van der Waals surface area contributed by atoms with E-state index >= 15 is 8.78 Å². The van der Waals surface area contributed by atoms with Crippen molar-refractivity contribution in [3.05, 3.63) is 22.7 Å². The number of rotatable bonds is 13. The maximum atomic E-state index is 15.7. The molecule has 0 radical (unpaired) electrons. The smallest absolute Gasteiger partial charge is 0.465 e. The number of anilines is 1. The Morgan fingerprint density at radius 3 is 2.14 bits per heavy atom.